The van der Waals surface area contributed by atoms with Crippen molar-refractivity contribution in [2.24, 2.45) is 0 Å². The average Bonchev–Trinajstić information content (AvgIpc) is 2.88. The van der Waals surface area contributed by atoms with Gasteiger partial charge in [-0.1, -0.05) is 0 Å². The van der Waals surface area contributed by atoms with Crippen LogP contribution in [0.25, 0.3) is 5.57 Å². The number of phenols is 1. The van der Waals surface area contributed by atoms with Crippen LogP contribution in [0.15, 0.2) is 17.9 Å². The molecule has 0 atom stereocenters. The Hall–Kier alpha value is -1.53. The minimum atomic E-state index is -1.04. The summed E-state index contributed by atoms with van der Waals surface area (Å²) in [7, 11) is -1.04. The van der Waals surface area contributed by atoms with Crippen LogP contribution >= 0.6 is 0 Å². The molecule has 2 heterocycles. The molecular weight excluding hydrogens is 286 g/mol. The lowest BCUT2D eigenvalue weighted by atomic mass is 9.82. The van der Waals surface area contributed by atoms with Crippen molar-refractivity contribution in [1.29, 1.82) is 0 Å². The van der Waals surface area contributed by atoms with Crippen molar-refractivity contribution in [3.05, 3.63) is 29.0 Å². The van der Waals surface area contributed by atoms with Crippen molar-refractivity contribution < 1.29 is 23.5 Å². The Balaban J connectivity index is 2.01. The zero-order valence-corrected chi connectivity index (χ0v) is 13.5. The topological polar surface area (TPSA) is 47.9 Å². The fourth-order valence-corrected chi connectivity index (χ4v) is 2.74. The first-order valence-electron chi connectivity index (χ1n) is 7.33. The number of hydrogen-bond donors (Lipinski definition) is 1. The van der Waals surface area contributed by atoms with E-state index in [0.717, 1.165) is 5.56 Å². The molecule has 0 bridgehead atoms. The Labute approximate surface area is 130 Å². The summed E-state index contributed by atoms with van der Waals surface area (Å²) in [5, 5.41) is 9.61. The van der Waals surface area contributed by atoms with Gasteiger partial charge in [0.05, 0.1) is 11.2 Å². The number of aryl methyl sites for hydroxylation is 1. The summed E-state index contributed by atoms with van der Waals surface area (Å²) in [5.41, 5.74) is 0.195. The molecule has 2 aliphatic rings. The van der Waals surface area contributed by atoms with Gasteiger partial charge in [0, 0.05) is 17.2 Å². The predicted molar refractivity (Wildman–Crippen MR) is 82.4 cm³/mol. The fraction of sp³-hybridized carbons (Fsp3) is 0.500. The van der Waals surface area contributed by atoms with E-state index in [4.69, 9.17) is 14.0 Å². The molecule has 4 nitrogen and oxygen atoms in total. The number of fused-ring (bicyclic) bond motifs is 1. The Morgan fingerprint density at radius 3 is 2.36 bits per heavy atom. The molecule has 1 N–H and O–H groups in total. The van der Waals surface area contributed by atoms with Gasteiger partial charge in [-0.15, -0.1) is 0 Å². The van der Waals surface area contributed by atoms with Crippen LogP contribution < -0.4 is 4.74 Å². The summed E-state index contributed by atoms with van der Waals surface area (Å²) in [4.78, 5) is 0. The van der Waals surface area contributed by atoms with Crippen LogP contribution in [0.3, 0.4) is 0 Å². The minimum Gasteiger partial charge on any atom is -0.508 e. The number of rotatable bonds is 1. The van der Waals surface area contributed by atoms with Crippen LogP contribution in [0, 0.1) is 6.92 Å². The second-order valence-corrected chi connectivity index (χ2v) is 6.84. The van der Waals surface area contributed by atoms with Gasteiger partial charge in [-0.25, -0.2) is 4.39 Å². The smallest absolute Gasteiger partial charge is 0.508 e. The summed E-state index contributed by atoms with van der Waals surface area (Å²) < 4.78 is 31.9. The lowest BCUT2D eigenvalue weighted by Crippen LogP contribution is -2.41. The maximum absolute atomic E-state index is 14.9. The van der Waals surface area contributed by atoms with E-state index < -0.39 is 24.0 Å². The first-order valence-corrected chi connectivity index (χ1v) is 7.33. The highest BCUT2D eigenvalue weighted by molar-refractivity contribution is 6.55. The lowest BCUT2D eigenvalue weighted by Gasteiger charge is -2.32. The fourth-order valence-electron chi connectivity index (χ4n) is 2.74. The molecule has 22 heavy (non-hydrogen) atoms. The van der Waals surface area contributed by atoms with Crippen LogP contribution in [-0.2, 0) is 9.31 Å². The van der Waals surface area contributed by atoms with Gasteiger partial charge in [0.2, 0.25) is 0 Å². The lowest BCUT2D eigenvalue weighted by molar-refractivity contribution is 0.00578. The first kappa shape index (κ1) is 15.4. The molecule has 0 aromatic heterocycles. The van der Waals surface area contributed by atoms with Crippen LogP contribution in [0.5, 0.6) is 11.5 Å². The molecule has 118 valence electrons. The number of ether oxygens (including phenoxy) is 1. The molecule has 1 aromatic rings. The molecule has 0 radical (unpaired) electrons. The number of phenolic OH excluding ortho intramolecular Hbond substituents is 1. The molecule has 0 saturated carbocycles. The molecule has 1 fully saturated rings. The number of aromatic hydroxyl groups is 1. The minimum absolute atomic E-state index is 0.105. The molecule has 0 unspecified atom stereocenters. The van der Waals surface area contributed by atoms with Crippen molar-refractivity contribution in [3.63, 3.8) is 0 Å². The molecule has 3 rings (SSSR count). The highest BCUT2D eigenvalue weighted by Gasteiger charge is 2.54. The third kappa shape index (κ3) is 2.21. The van der Waals surface area contributed by atoms with Crippen LogP contribution in [0.1, 0.15) is 38.8 Å². The third-order valence-corrected chi connectivity index (χ3v) is 4.71. The number of halogens is 1. The van der Waals surface area contributed by atoms with E-state index in [-0.39, 0.29) is 12.4 Å². The first-order chi connectivity index (χ1) is 10.1. The second kappa shape index (κ2) is 4.73. The maximum Gasteiger partial charge on any atom is 0.525 e. The molecule has 0 aliphatic carbocycles. The maximum atomic E-state index is 14.9. The van der Waals surface area contributed by atoms with Crippen molar-refractivity contribution in [2.45, 2.75) is 45.8 Å². The SMILES string of the molecule is Cc1cc(O)cc2c1C(=C(F)B1OC(C)(C)C(C)(C)O1)CO2. The highest BCUT2D eigenvalue weighted by Crippen LogP contribution is 2.44. The highest BCUT2D eigenvalue weighted by atomic mass is 19.1. The monoisotopic (exact) mass is 306 g/mol. The normalized spacial score (nSPS) is 24.2. The predicted octanol–water partition coefficient (Wildman–Crippen LogP) is 3.41. The van der Waals surface area contributed by atoms with E-state index in [1.807, 2.05) is 34.6 Å². The Morgan fingerprint density at radius 2 is 1.77 bits per heavy atom. The molecule has 0 spiro atoms. The summed E-state index contributed by atoms with van der Waals surface area (Å²) >= 11 is 0. The van der Waals surface area contributed by atoms with Crippen LogP contribution in [0.4, 0.5) is 4.39 Å². The van der Waals surface area contributed by atoms with Gasteiger partial charge < -0.3 is 19.2 Å². The van der Waals surface area contributed by atoms with E-state index in [1.165, 1.54) is 6.07 Å². The number of hydrogen-bond acceptors (Lipinski definition) is 4. The quantitative estimate of drug-likeness (QED) is 0.808. The molecule has 1 aromatic carbocycles. The average molecular weight is 306 g/mol. The van der Waals surface area contributed by atoms with Crippen molar-refractivity contribution in [3.8, 4) is 11.5 Å². The van der Waals surface area contributed by atoms with Crippen LogP contribution in [0.2, 0.25) is 0 Å². The largest absolute Gasteiger partial charge is 0.525 e. The number of benzene rings is 1. The summed E-state index contributed by atoms with van der Waals surface area (Å²) in [5.74, 6) is 0.590. The zero-order valence-electron chi connectivity index (χ0n) is 13.5. The van der Waals surface area contributed by atoms with Gasteiger partial charge in [0.25, 0.3) is 0 Å². The van der Waals surface area contributed by atoms with E-state index in [1.54, 1.807) is 6.07 Å². The summed E-state index contributed by atoms with van der Waals surface area (Å²) in [6.45, 7) is 9.45. The van der Waals surface area contributed by atoms with Crippen molar-refractivity contribution >= 4 is 12.7 Å². The van der Waals surface area contributed by atoms with Gasteiger partial charge >= 0.3 is 7.12 Å². The van der Waals surface area contributed by atoms with Crippen molar-refractivity contribution in [2.75, 3.05) is 6.61 Å². The molecular formula is C16H20BFO4. The van der Waals surface area contributed by atoms with E-state index in [2.05, 4.69) is 0 Å². The van der Waals surface area contributed by atoms with E-state index >= 15 is 0 Å². The Kier molecular flexibility index (Phi) is 3.31. The molecule has 2 aliphatic heterocycles. The Bertz CT molecular complexity index is 650. The van der Waals surface area contributed by atoms with E-state index in [0.29, 0.717) is 16.9 Å². The van der Waals surface area contributed by atoms with Gasteiger partial charge in [-0.3, -0.25) is 0 Å². The van der Waals surface area contributed by atoms with Gasteiger partial charge in [0.15, 0.2) is 0 Å². The molecule has 0 amide bonds. The van der Waals surface area contributed by atoms with Gasteiger partial charge in [-0.05, 0) is 46.2 Å². The zero-order chi connectivity index (χ0) is 16.3. The second-order valence-electron chi connectivity index (χ2n) is 6.84. The summed E-state index contributed by atoms with van der Waals surface area (Å²) in [6, 6.07) is 3.08. The van der Waals surface area contributed by atoms with Gasteiger partial charge in [-0.2, -0.15) is 0 Å². The van der Waals surface area contributed by atoms with Crippen molar-refractivity contribution in [1.82, 2.24) is 0 Å². The van der Waals surface area contributed by atoms with E-state index in [9.17, 15) is 9.50 Å². The standard InChI is InChI=1S/C16H20BFO4/c1-9-6-10(19)7-12-13(9)11(8-20-12)14(18)17-21-15(2,3)16(4,5)22-17/h6-7,19H,8H2,1-5H3. The van der Waals surface area contributed by atoms with Crippen LogP contribution in [-0.4, -0.2) is 30.0 Å². The molecule has 1 saturated heterocycles. The summed E-state index contributed by atoms with van der Waals surface area (Å²) in [6.07, 6.45) is 0. The van der Waals surface area contributed by atoms with Gasteiger partial charge in [0.1, 0.15) is 23.8 Å². The Morgan fingerprint density at radius 1 is 1.18 bits per heavy atom. The third-order valence-electron chi connectivity index (χ3n) is 4.71. The molecule has 6 heteroatoms.